The molecule has 2 amide bonds. The van der Waals surface area contributed by atoms with Crippen molar-refractivity contribution in [3.05, 3.63) is 48.5 Å². The number of para-hydroxylation sites is 2. The van der Waals surface area contributed by atoms with E-state index in [2.05, 4.69) is 5.32 Å². The molecule has 1 fully saturated rings. The third-order valence-electron chi connectivity index (χ3n) is 4.21. The Balaban J connectivity index is 1.56. The van der Waals surface area contributed by atoms with Crippen molar-refractivity contribution < 1.29 is 19.1 Å². The number of benzene rings is 2. The van der Waals surface area contributed by atoms with Crippen LogP contribution in [0.2, 0.25) is 0 Å². The first-order valence-corrected chi connectivity index (χ1v) is 9.22. The van der Waals surface area contributed by atoms with Crippen molar-refractivity contribution >= 4 is 23.2 Å². The van der Waals surface area contributed by atoms with Crippen molar-refractivity contribution in [1.29, 1.82) is 0 Å². The molecule has 142 valence electrons. The molecular weight excluding hydrogens is 344 g/mol. The lowest BCUT2D eigenvalue weighted by atomic mass is 10.2. The second kappa shape index (κ2) is 9.07. The number of carbonyl (C=O) groups excluding carboxylic acids is 2. The number of nitrogens with zero attached hydrogens (tertiary/aromatic N) is 1. The first kappa shape index (κ1) is 18.8. The normalized spacial score (nSPS) is 13.5. The molecule has 1 aliphatic rings. The molecule has 1 heterocycles. The summed E-state index contributed by atoms with van der Waals surface area (Å²) in [5, 5.41) is 2.83. The SMILES string of the molecule is CCCOc1ccc(OCC(=O)Nc2ccccc2N2CCCC2=O)cc1. The number of hydrogen-bond acceptors (Lipinski definition) is 4. The second-order valence-electron chi connectivity index (χ2n) is 6.32. The molecule has 0 saturated carbocycles. The van der Waals surface area contributed by atoms with E-state index in [1.54, 1.807) is 23.1 Å². The summed E-state index contributed by atoms with van der Waals surface area (Å²) >= 11 is 0. The first-order valence-electron chi connectivity index (χ1n) is 9.22. The fourth-order valence-corrected chi connectivity index (χ4v) is 2.90. The van der Waals surface area contributed by atoms with Gasteiger partial charge in [-0.2, -0.15) is 0 Å². The third kappa shape index (κ3) is 5.00. The number of nitrogens with one attached hydrogen (secondary N) is 1. The lowest BCUT2D eigenvalue weighted by Gasteiger charge is -2.20. The number of amides is 2. The minimum absolute atomic E-state index is 0.0818. The van der Waals surface area contributed by atoms with Gasteiger partial charge in [-0.05, 0) is 49.2 Å². The lowest BCUT2D eigenvalue weighted by molar-refractivity contribution is -0.118. The van der Waals surface area contributed by atoms with Gasteiger partial charge < -0.3 is 19.7 Å². The fourth-order valence-electron chi connectivity index (χ4n) is 2.90. The van der Waals surface area contributed by atoms with Gasteiger partial charge in [-0.3, -0.25) is 9.59 Å². The summed E-state index contributed by atoms with van der Waals surface area (Å²) in [7, 11) is 0. The van der Waals surface area contributed by atoms with Crippen LogP contribution in [0, 0.1) is 0 Å². The van der Waals surface area contributed by atoms with Gasteiger partial charge in [0.15, 0.2) is 6.61 Å². The summed E-state index contributed by atoms with van der Waals surface area (Å²) in [6.45, 7) is 3.28. The molecule has 27 heavy (non-hydrogen) atoms. The van der Waals surface area contributed by atoms with Gasteiger partial charge in [0.25, 0.3) is 5.91 Å². The summed E-state index contributed by atoms with van der Waals surface area (Å²) in [6.07, 6.45) is 2.33. The highest BCUT2D eigenvalue weighted by Crippen LogP contribution is 2.29. The average molecular weight is 368 g/mol. The summed E-state index contributed by atoms with van der Waals surface area (Å²) < 4.78 is 11.1. The minimum atomic E-state index is -0.277. The summed E-state index contributed by atoms with van der Waals surface area (Å²) in [5.74, 6) is 1.17. The molecule has 0 aliphatic carbocycles. The maximum absolute atomic E-state index is 12.3. The molecule has 1 aliphatic heterocycles. The molecule has 0 radical (unpaired) electrons. The number of hydrogen-bond donors (Lipinski definition) is 1. The van der Waals surface area contributed by atoms with Gasteiger partial charge >= 0.3 is 0 Å². The molecule has 6 heteroatoms. The van der Waals surface area contributed by atoms with Gasteiger partial charge in [-0.25, -0.2) is 0 Å². The predicted octanol–water partition coefficient (Wildman–Crippen LogP) is 3.62. The van der Waals surface area contributed by atoms with Crippen LogP contribution in [0.4, 0.5) is 11.4 Å². The van der Waals surface area contributed by atoms with Crippen molar-refractivity contribution in [2.75, 3.05) is 30.0 Å². The van der Waals surface area contributed by atoms with Gasteiger partial charge in [0.1, 0.15) is 11.5 Å². The van der Waals surface area contributed by atoms with Crippen LogP contribution >= 0.6 is 0 Å². The molecule has 2 aromatic rings. The van der Waals surface area contributed by atoms with E-state index in [9.17, 15) is 9.59 Å². The van der Waals surface area contributed by atoms with Crippen molar-refractivity contribution in [3.8, 4) is 11.5 Å². The smallest absolute Gasteiger partial charge is 0.262 e. The van der Waals surface area contributed by atoms with Crippen LogP contribution in [0.3, 0.4) is 0 Å². The van der Waals surface area contributed by atoms with Crippen LogP contribution in [0.25, 0.3) is 0 Å². The molecule has 6 nitrogen and oxygen atoms in total. The largest absolute Gasteiger partial charge is 0.494 e. The van der Waals surface area contributed by atoms with E-state index in [0.717, 1.165) is 24.3 Å². The summed E-state index contributed by atoms with van der Waals surface area (Å²) in [6, 6.07) is 14.5. The molecule has 3 rings (SSSR count). The van der Waals surface area contributed by atoms with Crippen LogP contribution in [-0.4, -0.2) is 31.6 Å². The van der Waals surface area contributed by atoms with E-state index < -0.39 is 0 Å². The Morgan fingerprint density at radius 3 is 2.44 bits per heavy atom. The van der Waals surface area contributed by atoms with Crippen molar-refractivity contribution in [3.63, 3.8) is 0 Å². The zero-order valence-electron chi connectivity index (χ0n) is 15.4. The molecule has 0 spiro atoms. The number of ether oxygens (including phenoxy) is 2. The average Bonchev–Trinajstić information content (AvgIpc) is 3.12. The Labute approximate surface area is 159 Å². The zero-order chi connectivity index (χ0) is 19.1. The number of anilines is 2. The Morgan fingerprint density at radius 2 is 1.78 bits per heavy atom. The number of carbonyl (C=O) groups is 2. The van der Waals surface area contributed by atoms with E-state index in [-0.39, 0.29) is 18.4 Å². The molecular formula is C21H24N2O4. The van der Waals surface area contributed by atoms with Crippen molar-refractivity contribution in [1.82, 2.24) is 0 Å². The van der Waals surface area contributed by atoms with Gasteiger partial charge in [0.05, 0.1) is 18.0 Å². The lowest BCUT2D eigenvalue weighted by Crippen LogP contribution is -2.26. The Hall–Kier alpha value is -3.02. The second-order valence-corrected chi connectivity index (χ2v) is 6.32. The van der Waals surface area contributed by atoms with E-state index in [1.165, 1.54) is 0 Å². The highest BCUT2D eigenvalue weighted by atomic mass is 16.5. The highest BCUT2D eigenvalue weighted by molar-refractivity contribution is 6.02. The summed E-state index contributed by atoms with van der Waals surface area (Å²) in [5.41, 5.74) is 1.34. The van der Waals surface area contributed by atoms with Crippen LogP contribution in [0.1, 0.15) is 26.2 Å². The van der Waals surface area contributed by atoms with E-state index >= 15 is 0 Å². The highest BCUT2D eigenvalue weighted by Gasteiger charge is 2.24. The topological polar surface area (TPSA) is 67.9 Å². The maximum Gasteiger partial charge on any atom is 0.262 e. The Morgan fingerprint density at radius 1 is 1.07 bits per heavy atom. The standard InChI is InChI=1S/C21H24N2O4/c1-2-14-26-16-9-11-17(12-10-16)27-15-20(24)22-18-6-3-4-7-19(18)23-13-5-8-21(23)25/h3-4,6-7,9-12H,2,5,8,13-15H2,1H3,(H,22,24). The van der Waals surface area contributed by atoms with Gasteiger partial charge in [0.2, 0.25) is 5.91 Å². The third-order valence-corrected chi connectivity index (χ3v) is 4.21. The minimum Gasteiger partial charge on any atom is -0.494 e. The molecule has 0 unspecified atom stereocenters. The first-order chi connectivity index (χ1) is 13.2. The zero-order valence-corrected chi connectivity index (χ0v) is 15.4. The van der Waals surface area contributed by atoms with Crippen LogP contribution in [-0.2, 0) is 9.59 Å². The van der Waals surface area contributed by atoms with Gasteiger partial charge in [-0.1, -0.05) is 19.1 Å². The molecule has 0 aromatic heterocycles. The van der Waals surface area contributed by atoms with Gasteiger partial charge in [-0.15, -0.1) is 0 Å². The van der Waals surface area contributed by atoms with Crippen molar-refractivity contribution in [2.45, 2.75) is 26.2 Å². The van der Waals surface area contributed by atoms with Crippen LogP contribution < -0.4 is 19.7 Å². The number of rotatable bonds is 8. The van der Waals surface area contributed by atoms with E-state index in [4.69, 9.17) is 9.47 Å². The molecule has 1 saturated heterocycles. The molecule has 0 atom stereocenters. The predicted molar refractivity (Wildman–Crippen MR) is 104 cm³/mol. The molecule has 1 N–H and O–H groups in total. The van der Waals surface area contributed by atoms with Crippen molar-refractivity contribution in [2.24, 2.45) is 0 Å². The van der Waals surface area contributed by atoms with E-state index in [1.807, 2.05) is 37.3 Å². The monoisotopic (exact) mass is 368 g/mol. The van der Waals surface area contributed by atoms with Crippen LogP contribution in [0.15, 0.2) is 48.5 Å². The van der Waals surface area contributed by atoms with E-state index in [0.29, 0.717) is 31.0 Å². The van der Waals surface area contributed by atoms with Crippen LogP contribution in [0.5, 0.6) is 11.5 Å². The maximum atomic E-state index is 12.3. The Bertz CT molecular complexity index is 789. The Kier molecular flexibility index (Phi) is 6.30. The van der Waals surface area contributed by atoms with Gasteiger partial charge in [0, 0.05) is 13.0 Å². The molecule has 0 bridgehead atoms. The quantitative estimate of drug-likeness (QED) is 0.773. The summed E-state index contributed by atoms with van der Waals surface area (Å²) in [4.78, 5) is 26.0. The molecule has 2 aromatic carbocycles. The fraction of sp³-hybridized carbons (Fsp3) is 0.333.